The Hall–Kier alpha value is -1.18. The molecule has 2 rings (SSSR count). The molecule has 0 saturated carbocycles. The van der Waals surface area contributed by atoms with Gasteiger partial charge in [-0.3, -0.25) is 0 Å². The standard InChI is InChI=1S/C6H5NO/c8-5-3-1-2-4-6(5)7-4/h1-3,7-8H. The van der Waals surface area contributed by atoms with Gasteiger partial charge in [0, 0.05) is 0 Å². The molecule has 1 aliphatic rings. The fraction of sp³-hybridized carbons (Fsp3) is 0. The molecule has 1 heterocycles. The van der Waals surface area contributed by atoms with Crippen molar-refractivity contribution in [3.05, 3.63) is 18.2 Å². The molecule has 0 saturated heterocycles. The molecule has 2 heteroatoms. The van der Waals surface area contributed by atoms with E-state index in [2.05, 4.69) is 5.32 Å². The first-order chi connectivity index (χ1) is 3.88. The monoisotopic (exact) mass is 107 g/mol. The zero-order valence-corrected chi connectivity index (χ0v) is 4.18. The number of hydrogen-bond donors (Lipinski definition) is 2. The Bertz CT molecular complexity index is 232. The second kappa shape index (κ2) is 0.968. The lowest BCUT2D eigenvalue weighted by atomic mass is 10.3. The van der Waals surface area contributed by atoms with Crippen LogP contribution in [-0.4, -0.2) is 5.11 Å². The quantitative estimate of drug-likeness (QED) is 0.395. The van der Waals surface area contributed by atoms with E-state index in [4.69, 9.17) is 5.11 Å². The molecule has 0 aromatic heterocycles. The maximum Gasteiger partial charge on any atom is 0.141 e. The number of phenols is 1. The van der Waals surface area contributed by atoms with Crippen LogP contribution in [0.25, 0.3) is 0 Å². The van der Waals surface area contributed by atoms with Gasteiger partial charge in [-0.1, -0.05) is 6.07 Å². The molecular formula is C6H5NO. The van der Waals surface area contributed by atoms with Crippen molar-refractivity contribution in [2.45, 2.75) is 0 Å². The maximum atomic E-state index is 8.91. The molecule has 0 spiro atoms. The van der Waals surface area contributed by atoms with E-state index in [9.17, 15) is 0 Å². The van der Waals surface area contributed by atoms with Crippen LogP contribution in [0, 0.1) is 0 Å². The Morgan fingerprint density at radius 1 is 1.38 bits per heavy atom. The number of fused-ring (bicyclic) bond motifs is 1. The number of rotatable bonds is 0. The highest BCUT2D eigenvalue weighted by atomic mass is 16.3. The Labute approximate surface area is 46.8 Å². The minimum absolute atomic E-state index is 0.350. The molecule has 2 N–H and O–H groups in total. The molecule has 40 valence electrons. The van der Waals surface area contributed by atoms with E-state index < -0.39 is 0 Å². The fourth-order valence-corrected chi connectivity index (χ4v) is 0.749. The van der Waals surface area contributed by atoms with Gasteiger partial charge in [0.1, 0.15) is 11.4 Å². The molecule has 1 aromatic carbocycles. The van der Waals surface area contributed by atoms with E-state index in [0.717, 1.165) is 11.4 Å². The summed E-state index contributed by atoms with van der Waals surface area (Å²) in [4.78, 5) is 0. The minimum Gasteiger partial charge on any atom is -0.506 e. The summed E-state index contributed by atoms with van der Waals surface area (Å²) >= 11 is 0. The van der Waals surface area contributed by atoms with Crippen LogP contribution >= 0.6 is 0 Å². The predicted octanol–water partition coefficient (Wildman–Crippen LogP) is 1.45. The molecule has 1 aromatic rings. The van der Waals surface area contributed by atoms with Crippen LogP contribution in [0.15, 0.2) is 18.2 Å². The SMILES string of the molecule is Oc1cccc2c1N2. The highest BCUT2D eigenvalue weighted by Crippen LogP contribution is 2.45. The lowest BCUT2D eigenvalue weighted by Crippen LogP contribution is -1.52. The number of aromatic hydroxyl groups is 1. The zero-order chi connectivity index (χ0) is 5.56. The molecule has 0 bridgehead atoms. The average molecular weight is 107 g/mol. The van der Waals surface area contributed by atoms with Crippen molar-refractivity contribution in [2.75, 3.05) is 5.32 Å². The van der Waals surface area contributed by atoms with Crippen molar-refractivity contribution >= 4 is 11.4 Å². The number of nitrogens with one attached hydrogen (secondary N) is 1. The summed E-state index contributed by atoms with van der Waals surface area (Å²) in [7, 11) is 0. The summed E-state index contributed by atoms with van der Waals surface area (Å²) in [6, 6.07) is 5.40. The van der Waals surface area contributed by atoms with Gasteiger partial charge in [-0.2, -0.15) is 0 Å². The lowest BCUT2D eigenvalue weighted by molar-refractivity contribution is 0.480. The van der Waals surface area contributed by atoms with Gasteiger partial charge >= 0.3 is 0 Å². The van der Waals surface area contributed by atoms with E-state index in [0.29, 0.717) is 5.75 Å². The van der Waals surface area contributed by atoms with Crippen LogP contribution in [-0.2, 0) is 0 Å². The smallest absolute Gasteiger partial charge is 0.141 e. The van der Waals surface area contributed by atoms with Gasteiger partial charge in [0.2, 0.25) is 0 Å². The molecule has 0 amide bonds. The van der Waals surface area contributed by atoms with Gasteiger partial charge in [0.05, 0.1) is 5.69 Å². The average Bonchev–Trinajstić information content (AvgIpc) is 2.45. The van der Waals surface area contributed by atoms with E-state index in [1.807, 2.05) is 12.1 Å². The topological polar surface area (TPSA) is 42.2 Å². The summed E-state index contributed by atoms with van der Waals surface area (Å²) in [5.41, 5.74) is 1.93. The Morgan fingerprint density at radius 2 is 2.25 bits per heavy atom. The molecule has 0 unspecified atom stereocenters. The molecule has 0 atom stereocenters. The van der Waals surface area contributed by atoms with Crippen LogP contribution in [0.1, 0.15) is 0 Å². The number of para-hydroxylation sites is 1. The number of anilines is 2. The summed E-state index contributed by atoms with van der Waals surface area (Å²) in [5, 5.41) is 11.8. The Balaban J connectivity index is 2.70. The van der Waals surface area contributed by atoms with E-state index in [-0.39, 0.29) is 0 Å². The highest BCUT2D eigenvalue weighted by Gasteiger charge is 2.18. The van der Waals surface area contributed by atoms with Gasteiger partial charge in [0.25, 0.3) is 0 Å². The number of benzene rings is 1. The van der Waals surface area contributed by atoms with Gasteiger partial charge in [-0.05, 0) is 12.1 Å². The second-order valence-electron chi connectivity index (χ2n) is 1.82. The largest absolute Gasteiger partial charge is 0.506 e. The number of hydrogen-bond acceptors (Lipinski definition) is 2. The van der Waals surface area contributed by atoms with Crippen molar-refractivity contribution in [2.24, 2.45) is 0 Å². The first-order valence-electron chi connectivity index (χ1n) is 2.47. The molecular weight excluding hydrogens is 102 g/mol. The van der Waals surface area contributed by atoms with Crippen molar-refractivity contribution in [3.8, 4) is 5.75 Å². The summed E-state index contributed by atoms with van der Waals surface area (Å²) in [6.45, 7) is 0. The third kappa shape index (κ3) is 0.320. The molecule has 2 nitrogen and oxygen atoms in total. The number of phenolic OH excluding ortho intramolecular Hbond substituents is 1. The van der Waals surface area contributed by atoms with Crippen LogP contribution < -0.4 is 5.32 Å². The molecule has 0 fully saturated rings. The molecule has 0 radical (unpaired) electrons. The van der Waals surface area contributed by atoms with Crippen LogP contribution in [0.5, 0.6) is 5.75 Å². The zero-order valence-electron chi connectivity index (χ0n) is 4.18. The normalized spacial score (nSPS) is 12.0. The van der Waals surface area contributed by atoms with Crippen molar-refractivity contribution in [3.63, 3.8) is 0 Å². The fourth-order valence-electron chi connectivity index (χ4n) is 0.749. The van der Waals surface area contributed by atoms with Gasteiger partial charge in [-0.25, -0.2) is 0 Å². The Morgan fingerprint density at radius 3 is 2.88 bits per heavy atom. The van der Waals surface area contributed by atoms with Gasteiger partial charge < -0.3 is 10.4 Å². The molecule has 0 aliphatic carbocycles. The van der Waals surface area contributed by atoms with Crippen molar-refractivity contribution in [1.82, 2.24) is 0 Å². The third-order valence-electron chi connectivity index (χ3n) is 1.24. The molecule has 8 heavy (non-hydrogen) atoms. The van der Waals surface area contributed by atoms with Crippen molar-refractivity contribution < 1.29 is 5.11 Å². The van der Waals surface area contributed by atoms with Gasteiger partial charge in [-0.15, -0.1) is 0 Å². The summed E-state index contributed by atoms with van der Waals surface area (Å²) in [5.74, 6) is 0.350. The van der Waals surface area contributed by atoms with Crippen LogP contribution in [0.4, 0.5) is 11.4 Å². The van der Waals surface area contributed by atoms with Crippen LogP contribution in [0.3, 0.4) is 0 Å². The minimum atomic E-state index is 0.350. The lowest BCUT2D eigenvalue weighted by Gasteiger charge is -1.79. The van der Waals surface area contributed by atoms with E-state index >= 15 is 0 Å². The first-order valence-corrected chi connectivity index (χ1v) is 2.47. The van der Waals surface area contributed by atoms with Gasteiger partial charge in [0.15, 0.2) is 0 Å². The second-order valence-corrected chi connectivity index (χ2v) is 1.82. The van der Waals surface area contributed by atoms with Crippen molar-refractivity contribution in [1.29, 1.82) is 0 Å². The Kier molecular flexibility index (Phi) is 0.457. The molecule has 1 aliphatic heterocycles. The third-order valence-corrected chi connectivity index (χ3v) is 1.24. The predicted molar refractivity (Wildman–Crippen MR) is 31.4 cm³/mol. The van der Waals surface area contributed by atoms with E-state index in [1.165, 1.54) is 0 Å². The maximum absolute atomic E-state index is 8.91. The summed E-state index contributed by atoms with van der Waals surface area (Å²) in [6.07, 6.45) is 0. The first kappa shape index (κ1) is 3.78. The van der Waals surface area contributed by atoms with Crippen LogP contribution in [0.2, 0.25) is 0 Å². The highest BCUT2D eigenvalue weighted by molar-refractivity contribution is 5.94. The summed E-state index contributed by atoms with van der Waals surface area (Å²) < 4.78 is 0. The van der Waals surface area contributed by atoms with E-state index in [1.54, 1.807) is 6.07 Å².